The van der Waals surface area contributed by atoms with Crippen molar-refractivity contribution in [1.82, 2.24) is 5.32 Å². The smallest absolute Gasteiger partial charge is 0.407 e. The normalized spacial score (nSPS) is 10.7. The topological polar surface area (TPSA) is 38.3 Å². The minimum absolute atomic E-state index is 0.222. The number of hydrogen-bond donors (Lipinski definition) is 1. The summed E-state index contributed by atoms with van der Waals surface area (Å²) in [6, 6.07) is 12.4. The van der Waals surface area contributed by atoms with Crippen LogP contribution < -0.4 is 5.32 Å². The molecule has 0 aliphatic heterocycles. The second kappa shape index (κ2) is 8.34. The second-order valence-electron chi connectivity index (χ2n) is 4.92. The van der Waals surface area contributed by atoms with Crippen LogP contribution in [0, 0.1) is 12.7 Å². The summed E-state index contributed by atoms with van der Waals surface area (Å²) in [4.78, 5) is 11.6. The molecule has 0 saturated heterocycles. The highest BCUT2D eigenvalue weighted by Gasteiger charge is 2.05. The first kappa shape index (κ1) is 17.0. The summed E-state index contributed by atoms with van der Waals surface area (Å²) >= 11 is 6.05. The number of hydrogen-bond acceptors (Lipinski definition) is 2. The van der Waals surface area contributed by atoms with Gasteiger partial charge in [0.15, 0.2) is 0 Å². The summed E-state index contributed by atoms with van der Waals surface area (Å²) < 4.78 is 18.4. The first-order valence-electron chi connectivity index (χ1n) is 7.13. The molecule has 0 spiro atoms. The van der Waals surface area contributed by atoms with Gasteiger partial charge in [0.2, 0.25) is 0 Å². The third kappa shape index (κ3) is 5.11. The van der Waals surface area contributed by atoms with Gasteiger partial charge in [0.05, 0.1) is 5.02 Å². The van der Waals surface area contributed by atoms with E-state index in [1.165, 1.54) is 6.07 Å². The maximum absolute atomic E-state index is 13.3. The van der Waals surface area contributed by atoms with Gasteiger partial charge in [0, 0.05) is 12.1 Å². The summed E-state index contributed by atoms with van der Waals surface area (Å²) in [6.45, 7) is 2.13. The lowest BCUT2D eigenvalue weighted by molar-refractivity contribution is 0.141. The molecule has 0 bridgehead atoms. The van der Waals surface area contributed by atoms with E-state index in [1.54, 1.807) is 25.1 Å². The van der Waals surface area contributed by atoms with Gasteiger partial charge in [-0.05, 0) is 24.1 Å². The maximum atomic E-state index is 13.3. The SMILES string of the molecule is Cc1c(F)ccc(C=CCNC(=O)OCc2ccccc2)c1Cl. The molecule has 2 rings (SSSR count). The predicted molar refractivity (Wildman–Crippen MR) is 89.8 cm³/mol. The molecule has 1 N–H and O–H groups in total. The van der Waals surface area contributed by atoms with Crippen LogP contribution in [-0.4, -0.2) is 12.6 Å². The Morgan fingerprint density at radius 1 is 1.26 bits per heavy atom. The molecule has 0 atom stereocenters. The van der Waals surface area contributed by atoms with E-state index in [1.807, 2.05) is 30.3 Å². The molecule has 0 unspecified atom stereocenters. The number of alkyl carbamates (subject to hydrolysis) is 1. The van der Waals surface area contributed by atoms with Gasteiger partial charge in [-0.15, -0.1) is 0 Å². The quantitative estimate of drug-likeness (QED) is 0.859. The highest BCUT2D eigenvalue weighted by Crippen LogP contribution is 2.23. The Labute approximate surface area is 139 Å². The Morgan fingerprint density at radius 3 is 2.74 bits per heavy atom. The van der Waals surface area contributed by atoms with Crippen molar-refractivity contribution in [3.63, 3.8) is 0 Å². The van der Waals surface area contributed by atoms with E-state index in [0.29, 0.717) is 22.7 Å². The van der Waals surface area contributed by atoms with Crippen molar-refractivity contribution >= 4 is 23.8 Å². The van der Waals surface area contributed by atoms with Gasteiger partial charge < -0.3 is 10.1 Å². The van der Waals surface area contributed by atoms with E-state index in [4.69, 9.17) is 16.3 Å². The standard InChI is InChI=1S/C18H17ClFNO2/c1-13-16(20)10-9-15(17(13)19)8-5-11-21-18(22)23-12-14-6-3-2-4-7-14/h2-10H,11-12H2,1H3,(H,21,22). The van der Waals surface area contributed by atoms with Crippen LogP contribution in [0.4, 0.5) is 9.18 Å². The van der Waals surface area contributed by atoms with Crippen molar-refractivity contribution in [1.29, 1.82) is 0 Å². The average Bonchev–Trinajstić information content (AvgIpc) is 2.57. The second-order valence-corrected chi connectivity index (χ2v) is 5.30. The van der Waals surface area contributed by atoms with Gasteiger partial charge in [-0.2, -0.15) is 0 Å². The lowest BCUT2D eigenvalue weighted by Crippen LogP contribution is -2.24. The monoisotopic (exact) mass is 333 g/mol. The molecular weight excluding hydrogens is 317 g/mol. The molecule has 23 heavy (non-hydrogen) atoms. The van der Waals surface area contributed by atoms with E-state index in [2.05, 4.69) is 5.32 Å². The summed E-state index contributed by atoms with van der Waals surface area (Å²) in [5.41, 5.74) is 2.03. The van der Waals surface area contributed by atoms with Gasteiger partial charge in [0.25, 0.3) is 0 Å². The lowest BCUT2D eigenvalue weighted by atomic mass is 10.1. The molecule has 0 aromatic heterocycles. The van der Waals surface area contributed by atoms with Gasteiger partial charge >= 0.3 is 6.09 Å². The van der Waals surface area contributed by atoms with Crippen LogP contribution in [0.25, 0.3) is 6.08 Å². The van der Waals surface area contributed by atoms with E-state index in [0.717, 1.165) is 5.56 Å². The zero-order chi connectivity index (χ0) is 16.7. The minimum atomic E-state index is -0.500. The van der Waals surface area contributed by atoms with Crippen molar-refractivity contribution in [3.8, 4) is 0 Å². The summed E-state index contributed by atoms with van der Waals surface area (Å²) in [5, 5.41) is 2.97. The number of nitrogens with one attached hydrogen (secondary N) is 1. The van der Waals surface area contributed by atoms with E-state index < -0.39 is 6.09 Å². The highest BCUT2D eigenvalue weighted by atomic mass is 35.5. The van der Waals surface area contributed by atoms with Gasteiger partial charge in [0.1, 0.15) is 12.4 Å². The number of halogens is 2. The zero-order valence-corrected chi connectivity index (χ0v) is 13.4. The third-order valence-electron chi connectivity index (χ3n) is 3.22. The van der Waals surface area contributed by atoms with Crippen LogP contribution in [0.5, 0.6) is 0 Å². The average molecular weight is 334 g/mol. The van der Waals surface area contributed by atoms with Crippen molar-refractivity contribution in [2.24, 2.45) is 0 Å². The van der Waals surface area contributed by atoms with Crippen molar-refractivity contribution < 1.29 is 13.9 Å². The number of benzene rings is 2. The Bertz CT molecular complexity index is 702. The fourth-order valence-corrected chi connectivity index (χ4v) is 2.13. The Hall–Kier alpha value is -2.33. The molecule has 0 radical (unpaired) electrons. The summed E-state index contributed by atoms with van der Waals surface area (Å²) in [7, 11) is 0. The molecule has 2 aromatic carbocycles. The van der Waals surface area contributed by atoms with Gasteiger partial charge in [-0.3, -0.25) is 0 Å². The maximum Gasteiger partial charge on any atom is 0.407 e. The molecule has 2 aromatic rings. The third-order valence-corrected chi connectivity index (χ3v) is 3.73. The molecule has 0 aliphatic carbocycles. The Morgan fingerprint density at radius 2 is 2.00 bits per heavy atom. The Balaban J connectivity index is 1.78. The summed E-state index contributed by atoms with van der Waals surface area (Å²) in [6.07, 6.45) is 2.95. The number of amides is 1. The zero-order valence-electron chi connectivity index (χ0n) is 12.7. The fraction of sp³-hybridized carbons (Fsp3) is 0.167. The van der Waals surface area contributed by atoms with Crippen molar-refractivity contribution in [2.75, 3.05) is 6.54 Å². The van der Waals surface area contributed by atoms with Crippen LogP contribution >= 0.6 is 11.6 Å². The highest BCUT2D eigenvalue weighted by molar-refractivity contribution is 6.32. The van der Waals surface area contributed by atoms with Gasteiger partial charge in [-0.25, -0.2) is 9.18 Å². The minimum Gasteiger partial charge on any atom is -0.445 e. The lowest BCUT2D eigenvalue weighted by Gasteiger charge is -2.06. The molecule has 3 nitrogen and oxygen atoms in total. The molecule has 0 aliphatic rings. The Kier molecular flexibility index (Phi) is 6.18. The molecule has 0 fully saturated rings. The molecular formula is C18H17ClFNO2. The molecule has 0 heterocycles. The largest absolute Gasteiger partial charge is 0.445 e. The number of carbonyl (C=O) groups is 1. The van der Waals surface area contributed by atoms with Gasteiger partial charge in [-0.1, -0.05) is 60.2 Å². The molecule has 120 valence electrons. The number of carbonyl (C=O) groups excluding carboxylic acids is 1. The first-order valence-corrected chi connectivity index (χ1v) is 7.51. The number of rotatable bonds is 5. The van der Waals surface area contributed by atoms with Crippen LogP contribution in [0.3, 0.4) is 0 Å². The van der Waals surface area contributed by atoms with Crippen LogP contribution in [0.1, 0.15) is 16.7 Å². The fourth-order valence-electron chi connectivity index (χ4n) is 1.91. The van der Waals surface area contributed by atoms with E-state index in [9.17, 15) is 9.18 Å². The van der Waals surface area contributed by atoms with E-state index in [-0.39, 0.29) is 12.4 Å². The van der Waals surface area contributed by atoms with Crippen LogP contribution in [0.15, 0.2) is 48.5 Å². The molecule has 0 saturated carbocycles. The van der Waals surface area contributed by atoms with Crippen molar-refractivity contribution in [3.05, 3.63) is 76.1 Å². The number of ether oxygens (including phenoxy) is 1. The van der Waals surface area contributed by atoms with Crippen LogP contribution in [0.2, 0.25) is 5.02 Å². The van der Waals surface area contributed by atoms with Crippen molar-refractivity contribution in [2.45, 2.75) is 13.5 Å². The van der Waals surface area contributed by atoms with Crippen LogP contribution in [-0.2, 0) is 11.3 Å². The first-order chi connectivity index (χ1) is 11.1. The molecule has 5 heteroatoms. The van der Waals surface area contributed by atoms with E-state index >= 15 is 0 Å². The molecule has 1 amide bonds. The predicted octanol–water partition coefficient (Wildman–Crippen LogP) is 4.73. The summed E-state index contributed by atoms with van der Waals surface area (Å²) in [5.74, 6) is -0.338.